The number of phenols is 1. The number of aromatic hydroxyl groups is 1. The normalized spacial score (nSPS) is 11.6. The zero-order valence-corrected chi connectivity index (χ0v) is 13.9. The van der Waals surface area contributed by atoms with Crippen LogP contribution in [0.25, 0.3) is 0 Å². The molecule has 2 aromatic rings. The lowest BCUT2D eigenvalue weighted by Gasteiger charge is -2.08. The van der Waals surface area contributed by atoms with E-state index in [4.69, 9.17) is 4.74 Å². The highest BCUT2D eigenvalue weighted by Gasteiger charge is 2.16. The summed E-state index contributed by atoms with van der Waals surface area (Å²) in [6, 6.07) is 10.0. The number of sulfonamides is 1. The van der Waals surface area contributed by atoms with Crippen molar-refractivity contribution in [1.82, 2.24) is 4.83 Å². The summed E-state index contributed by atoms with van der Waals surface area (Å²) in [4.78, 5) is 2.32. The van der Waals surface area contributed by atoms with Gasteiger partial charge in [-0.05, 0) is 43.2 Å². The first-order valence-electron chi connectivity index (χ1n) is 6.83. The minimum absolute atomic E-state index is 0.107. The van der Waals surface area contributed by atoms with Gasteiger partial charge < -0.3 is 9.84 Å². The Morgan fingerprint density at radius 2 is 1.96 bits per heavy atom. The van der Waals surface area contributed by atoms with E-state index in [-0.39, 0.29) is 16.4 Å². The number of rotatable bonds is 5. The van der Waals surface area contributed by atoms with Crippen molar-refractivity contribution >= 4 is 16.2 Å². The first-order valence-corrected chi connectivity index (χ1v) is 8.31. The number of nitrogens with one attached hydrogen (secondary N) is 1. The number of para-hydroxylation sites is 1. The molecule has 0 unspecified atom stereocenters. The van der Waals surface area contributed by atoms with Gasteiger partial charge in [-0.2, -0.15) is 13.5 Å². The molecule has 122 valence electrons. The fourth-order valence-electron chi connectivity index (χ4n) is 2.02. The third-order valence-corrected chi connectivity index (χ3v) is 4.62. The van der Waals surface area contributed by atoms with Crippen LogP contribution in [0.4, 0.5) is 0 Å². The number of methoxy groups -OCH3 is 1. The van der Waals surface area contributed by atoms with Crippen molar-refractivity contribution < 1.29 is 18.3 Å². The second kappa shape index (κ2) is 6.70. The Labute approximate surface area is 135 Å². The molecule has 2 N–H and O–H groups in total. The van der Waals surface area contributed by atoms with Crippen LogP contribution in [0, 0.1) is 13.8 Å². The molecule has 0 saturated carbocycles. The number of nitrogens with zero attached hydrogens (tertiary/aromatic N) is 1. The Kier molecular flexibility index (Phi) is 4.90. The molecule has 0 aliphatic rings. The number of hydrogen-bond acceptors (Lipinski definition) is 5. The molecular weight excluding hydrogens is 316 g/mol. The number of aryl methyl sites for hydroxylation is 2. The number of phenolic OH excluding ortho intramolecular Hbond substituents is 1. The molecule has 0 atom stereocenters. The molecule has 0 fully saturated rings. The van der Waals surface area contributed by atoms with Crippen molar-refractivity contribution in [3.63, 3.8) is 0 Å². The van der Waals surface area contributed by atoms with E-state index in [1.165, 1.54) is 13.3 Å². The average molecular weight is 334 g/mol. The molecular formula is C16H18N2O4S. The molecule has 0 bridgehead atoms. The summed E-state index contributed by atoms with van der Waals surface area (Å²) in [5.74, 6) is 0.177. The van der Waals surface area contributed by atoms with E-state index in [0.717, 1.165) is 5.56 Å². The van der Waals surface area contributed by atoms with Crippen LogP contribution >= 0.6 is 0 Å². The fraction of sp³-hybridized carbons (Fsp3) is 0.188. The average Bonchev–Trinajstić information content (AvgIpc) is 2.51. The summed E-state index contributed by atoms with van der Waals surface area (Å²) in [6.45, 7) is 3.53. The first-order chi connectivity index (χ1) is 10.8. The van der Waals surface area contributed by atoms with Gasteiger partial charge in [0.25, 0.3) is 10.0 Å². The largest absolute Gasteiger partial charge is 0.504 e. The molecule has 2 rings (SSSR count). The second-order valence-corrected chi connectivity index (χ2v) is 6.65. The molecule has 0 aromatic heterocycles. The smallest absolute Gasteiger partial charge is 0.276 e. The molecule has 0 radical (unpaired) electrons. The van der Waals surface area contributed by atoms with E-state index in [1.54, 1.807) is 37.3 Å². The van der Waals surface area contributed by atoms with Crippen molar-refractivity contribution in [2.24, 2.45) is 5.10 Å². The van der Waals surface area contributed by atoms with Crippen molar-refractivity contribution in [1.29, 1.82) is 0 Å². The van der Waals surface area contributed by atoms with Crippen molar-refractivity contribution in [2.45, 2.75) is 18.7 Å². The summed E-state index contributed by atoms with van der Waals surface area (Å²) < 4.78 is 29.6. The minimum atomic E-state index is -3.77. The lowest BCUT2D eigenvalue weighted by Crippen LogP contribution is -2.19. The lowest BCUT2D eigenvalue weighted by molar-refractivity contribution is 0.373. The van der Waals surface area contributed by atoms with Crippen molar-refractivity contribution in [2.75, 3.05) is 7.11 Å². The Balaban J connectivity index is 2.24. The number of hydrogen-bond donors (Lipinski definition) is 2. The SMILES string of the molecule is COc1cccc(/C=N/NS(=O)(=O)c2cc(C)ccc2C)c1O. The van der Waals surface area contributed by atoms with Crippen LogP contribution < -0.4 is 9.57 Å². The van der Waals surface area contributed by atoms with Crippen LogP contribution in [0.1, 0.15) is 16.7 Å². The molecule has 23 heavy (non-hydrogen) atoms. The van der Waals surface area contributed by atoms with Gasteiger partial charge >= 0.3 is 0 Å². The Bertz CT molecular complexity index is 845. The van der Waals surface area contributed by atoms with Gasteiger partial charge in [-0.25, -0.2) is 4.83 Å². The molecule has 0 aliphatic carbocycles. The first kappa shape index (κ1) is 16.8. The van der Waals surface area contributed by atoms with Crippen molar-refractivity contribution in [3.8, 4) is 11.5 Å². The minimum Gasteiger partial charge on any atom is -0.504 e. The van der Waals surface area contributed by atoms with Crippen LogP contribution in [0.3, 0.4) is 0 Å². The fourth-order valence-corrected chi connectivity index (χ4v) is 3.14. The van der Waals surface area contributed by atoms with Crippen LogP contribution in [-0.2, 0) is 10.0 Å². The van der Waals surface area contributed by atoms with Crippen LogP contribution in [0.15, 0.2) is 46.4 Å². The number of hydrazone groups is 1. The molecule has 0 saturated heterocycles. The van der Waals surface area contributed by atoms with E-state index in [9.17, 15) is 13.5 Å². The third kappa shape index (κ3) is 3.81. The van der Waals surface area contributed by atoms with Crippen LogP contribution in [-0.4, -0.2) is 26.8 Å². The lowest BCUT2D eigenvalue weighted by atomic mass is 10.2. The maximum absolute atomic E-state index is 12.3. The van der Waals surface area contributed by atoms with Gasteiger partial charge in [-0.15, -0.1) is 0 Å². The molecule has 0 spiro atoms. The highest BCUT2D eigenvalue weighted by Crippen LogP contribution is 2.28. The van der Waals surface area contributed by atoms with Crippen LogP contribution in [0.5, 0.6) is 11.5 Å². The summed E-state index contributed by atoms with van der Waals surface area (Å²) in [5, 5.41) is 13.6. The Morgan fingerprint density at radius 1 is 1.22 bits per heavy atom. The second-order valence-electron chi connectivity index (χ2n) is 5.02. The molecule has 2 aromatic carbocycles. The van der Waals surface area contributed by atoms with Gasteiger partial charge in [0.1, 0.15) is 0 Å². The zero-order valence-electron chi connectivity index (χ0n) is 13.1. The molecule has 0 heterocycles. The van der Waals surface area contributed by atoms with E-state index in [0.29, 0.717) is 11.1 Å². The van der Waals surface area contributed by atoms with Gasteiger partial charge in [0.2, 0.25) is 0 Å². The Hall–Kier alpha value is -2.54. The summed E-state index contributed by atoms with van der Waals surface area (Å²) in [5.41, 5.74) is 1.81. The van der Waals surface area contributed by atoms with E-state index < -0.39 is 10.0 Å². The standard InChI is InChI=1S/C16H18N2O4S/c1-11-7-8-12(2)15(9-11)23(20,21)18-17-10-13-5-4-6-14(22-3)16(13)19/h4-10,18-19H,1-3H3/b17-10+. The quantitative estimate of drug-likeness (QED) is 0.649. The van der Waals surface area contributed by atoms with Gasteiger partial charge in [0, 0.05) is 5.56 Å². The van der Waals surface area contributed by atoms with E-state index in [1.807, 2.05) is 13.0 Å². The summed E-state index contributed by atoms with van der Waals surface area (Å²) in [7, 11) is -2.34. The third-order valence-electron chi connectivity index (χ3n) is 3.26. The molecule has 7 heteroatoms. The van der Waals surface area contributed by atoms with Crippen molar-refractivity contribution in [3.05, 3.63) is 53.1 Å². The predicted molar refractivity (Wildman–Crippen MR) is 88.5 cm³/mol. The highest BCUT2D eigenvalue weighted by atomic mass is 32.2. The molecule has 6 nitrogen and oxygen atoms in total. The summed E-state index contributed by atoms with van der Waals surface area (Å²) in [6.07, 6.45) is 1.22. The van der Waals surface area contributed by atoms with Gasteiger partial charge in [-0.3, -0.25) is 0 Å². The zero-order chi connectivity index (χ0) is 17.0. The van der Waals surface area contributed by atoms with E-state index in [2.05, 4.69) is 9.93 Å². The highest BCUT2D eigenvalue weighted by molar-refractivity contribution is 7.89. The molecule has 0 amide bonds. The molecule has 0 aliphatic heterocycles. The Morgan fingerprint density at radius 3 is 2.65 bits per heavy atom. The van der Waals surface area contributed by atoms with E-state index >= 15 is 0 Å². The van der Waals surface area contributed by atoms with Gasteiger partial charge in [0.05, 0.1) is 18.2 Å². The number of ether oxygens (including phenoxy) is 1. The maximum Gasteiger partial charge on any atom is 0.276 e. The summed E-state index contributed by atoms with van der Waals surface area (Å²) >= 11 is 0. The number of benzene rings is 2. The topological polar surface area (TPSA) is 88.0 Å². The van der Waals surface area contributed by atoms with Gasteiger partial charge in [0.15, 0.2) is 11.5 Å². The predicted octanol–water partition coefficient (Wildman–Crippen LogP) is 2.33. The monoisotopic (exact) mass is 334 g/mol. The maximum atomic E-state index is 12.3. The van der Waals surface area contributed by atoms with Crippen LogP contribution in [0.2, 0.25) is 0 Å². The van der Waals surface area contributed by atoms with Gasteiger partial charge in [-0.1, -0.05) is 18.2 Å².